The third-order valence-electron chi connectivity index (χ3n) is 4.89. The van der Waals surface area contributed by atoms with Crippen LogP contribution in [0.4, 0.5) is 0 Å². The van der Waals surface area contributed by atoms with Gasteiger partial charge in [0.15, 0.2) is 0 Å². The minimum absolute atomic E-state index is 1.22. The predicted octanol–water partition coefficient (Wildman–Crippen LogP) is 4.25. The second-order valence-corrected chi connectivity index (χ2v) is 13.6. The number of hydrogen-bond donors (Lipinski definition) is 0. The van der Waals surface area contributed by atoms with E-state index >= 15 is 0 Å². The van der Waals surface area contributed by atoms with Crippen LogP contribution >= 0.6 is 0 Å². The predicted molar refractivity (Wildman–Crippen MR) is 126 cm³/mol. The third-order valence-corrected chi connectivity index (χ3v) is 13.2. The summed E-state index contributed by atoms with van der Waals surface area (Å²) >= 11 is -2.75. The van der Waals surface area contributed by atoms with Crippen molar-refractivity contribution in [1.82, 2.24) is 0 Å². The molecule has 0 unspecified atom stereocenters. The van der Waals surface area contributed by atoms with Crippen molar-refractivity contribution in [1.29, 1.82) is 0 Å². The van der Waals surface area contributed by atoms with Crippen LogP contribution in [0.25, 0.3) is 6.08 Å². The van der Waals surface area contributed by atoms with E-state index in [1.54, 1.807) is 0 Å². The monoisotopic (exact) mass is 422 g/mol. The Balaban J connectivity index is 1.99. The SMILES string of the molecule is C(/C=C/c1ccccc1)=[As](c1ccccc1)(c1ccccc1)c1ccccc1. The van der Waals surface area contributed by atoms with E-state index in [0.717, 1.165) is 0 Å². The van der Waals surface area contributed by atoms with Gasteiger partial charge in [0.1, 0.15) is 0 Å². The fourth-order valence-electron chi connectivity index (χ4n) is 3.54. The molecule has 136 valence electrons. The Hall–Kier alpha value is -2.95. The summed E-state index contributed by atoms with van der Waals surface area (Å²) in [5.41, 5.74) is 1.22. The molecule has 0 radical (unpaired) electrons. The van der Waals surface area contributed by atoms with Crippen molar-refractivity contribution in [2.75, 3.05) is 0 Å². The van der Waals surface area contributed by atoms with Crippen molar-refractivity contribution in [3.8, 4) is 0 Å². The molecule has 4 aromatic rings. The Bertz CT molecular complexity index is 977. The standard InChI is InChI=1S/C27H23As/c1-5-14-24(15-6-1)16-13-23-28(25-17-7-2-8-18-25,26-19-9-3-10-20-26)27-21-11-4-12-22-27/h1-23H/b16-13+. The quantitative estimate of drug-likeness (QED) is 0.422. The average molecular weight is 422 g/mol. The molecular weight excluding hydrogens is 399 g/mol. The van der Waals surface area contributed by atoms with Crippen LogP contribution in [0.2, 0.25) is 0 Å². The van der Waals surface area contributed by atoms with E-state index in [0.29, 0.717) is 0 Å². The van der Waals surface area contributed by atoms with Crippen molar-refractivity contribution in [3.63, 3.8) is 0 Å². The van der Waals surface area contributed by atoms with Gasteiger partial charge in [0.05, 0.1) is 0 Å². The van der Waals surface area contributed by atoms with Gasteiger partial charge >= 0.3 is 170 Å². The Morgan fingerprint density at radius 1 is 0.429 bits per heavy atom. The van der Waals surface area contributed by atoms with E-state index in [-0.39, 0.29) is 0 Å². The number of benzene rings is 4. The zero-order valence-corrected chi connectivity index (χ0v) is 17.6. The van der Waals surface area contributed by atoms with Crippen molar-refractivity contribution in [3.05, 3.63) is 133 Å². The zero-order chi connectivity index (χ0) is 19.1. The first-order valence-corrected chi connectivity index (χ1v) is 13.4. The number of allylic oxidation sites excluding steroid dienone is 1. The zero-order valence-electron chi connectivity index (χ0n) is 15.7. The van der Waals surface area contributed by atoms with E-state index in [9.17, 15) is 0 Å². The van der Waals surface area contributed by atoms with Gasteiger partial charge in [-0.25, -0.2) is 0 Å². The first kappa shape index (κ1) is 18.4. The first-order valence-electron chi connectivity index (χ1n) is 9.53. The summed E-state index contributed by atoms with van der Waals surface area (Å²) in [6.07, 6.45) is 4.47. The average Bonchev–Trinajstić information content (AvgIpc) is 2.79. The van der Waals surface area contributed by atoms with E-state index in [1.807, 2.05) is 0 Å². The van der Waals surface area contributed by atoms with Gasteiger partial charge in [-0.1, -0.05) is 0 Å². The van der Waals surface area contributed by atoms with E-state index in [2.05, 4.69) is 138 Å². The summed E-state index contributed by atoms with van der Waals surface area (Å²) in [6, 6.07) is 43.5. The van der Waals surface area contributed by atoms with Crippen molar-refractivity contribution >= 4 is 37.0 Å². The molecule has 0 atom stereocenters. The van der Waals surface area contributed by atoms with Crippen LogP contribution in [-0.4, -0.2) is 17.9 Å². The van der Waals surface area contributed by atoms with Crippen LogP contribution < -0.4 is 13.1 Å². The van der Waals surface area contributed by atoms with Crippen LogP contribution in [0.15, 0.2) is 127 Å². The third kappa shape index (κ3) is 3.84. The van der Waals surface area contributed by atoms with E-state index < -0.39 is 13.1 Å². The molecule has 0 aliphatic heterocycles. The molecule has 0 amide bonds. The van der Waals surface area contributed by atoms with Crippen molar-refractivity contribution in [2.45, 2.75) is 0 Å². The Kier molecular flexibility index (Phi) is 5.80. The summed E-state index contributed by atoms with van der Waals surface area (Å²) < 4.78 is 4.28. The molecule has 0 spiro atoms. The summed E-state index contributed by atoms with van der Waals surface area (Å²) in [7, 11) is 0. The van der Waals surface area contributed by atoms with Gasteiger partial charge in [0.2, 0.25) is 0 Å². The molecule has 4 rings (SSSR count). The van der Waals surface area contributed by atoms with Crippen LogP contribution in [-0.2, 0) is 0 Å². The number of rotatable bonds is 5. The molecule has 4 aromatic carbocycles. The second kappa shape index (κ2) is 8.82. The molecule has 0 bridgehead atoms. The van der Waals surface area contributed by atoms with Gasteiger partial charge in [-0.15, -0.1) is 0 Å². The van der Waals surface area contributed by atoms with Gasteiger partial charge in [0, 0.05) is 0 Å². The van der Waals surface area contributed by atoms with Crippen LogP contribution in [0, 0.1) is 0 Å². The molecule has 0 nitrogen and oxygen atoms in total. The molecular formula is C27H23As. The van der Waals surface area contributed by atoms with E-state index in [1.165, 1.54) is 18.6 Å². The van der Waals surface area contributed by atoms with Gasteiger partial charge < -0.3 is 0 Å². The summed E-state index contributed by atoms with van der Waals surface area (Å²) in [5, 5.41) is 0. The number of hydrogen-bond acceptors (Lipinski definition) is 0. The Morgan fingerprint density at radius 3 is 1.18 bits per heavy atom. The normalized spacial score (nSPS) is 11.4. The molecule has 0 heterocycles. The van der Waals surface area contributed by atoms with Gasteiger partial charge in [0.25, 0.3) is 0 Å². The van der Waals surface area contributed by atoms with Gasteiger partial charge in [-0.2, -0.15) is 0 Å². The summed E-state index contributed by atoms with van der Waals surface area (Å²) in [4.78, 5) is 2.49. The topological polar surface area (TPSA) is 0 Å². The van der Waals surface area contributed by atoms with E-state index in [4.69, 9.17) is 0 Å². The fraction of sp³-hybridized carbons (Fsp3) is 0. The van der Waals surface area contributed by atoms with Crippen LogP contribution in [0.3, 0.4) is 0 Å². The molecule has 0 aliphatic rings. The summed E-state index contributed by atoms with van der Waals surface area (Å²) in [6.45, 7) is 0. The maximum atomic E-state index is 2.49. The van der Waals surface area contributed by atoms with Gasteiger partial charge in [-0.3, -0.25) is 0 Å². The molecule has 0 saturated heterocycles. The fourth-order valence-corrected chi connectivity index (χ4v) is 11.3. The molecule has 28 heavy (non-hydrogen) atoms. The molecule has 1 heteroatoms. The van der Waals surface area contributed by atoms with Crippen molar-refractivity contribution < 1.29 is 0 Å². The van der Waals surface area contributed by atoms with Gasteiger partial charge in [-0.05, 0) is 0 Å². The molecule has 0 saturated carbocycles. The molecule has 0 aliphatic carbocycles. The first-order chi connectivity index (χ1) is 13.9. The Labute approximate surface area is 169 Å². The maximum absolute atomic E-state index is 2.75. The minimum atomic E-state index is -2.75. The molecule has 0 fully saturated rings. The molecule has 0 N–H and O–H groups in total. The van der Waals surface area contributed by atoms with Crippen LogP contribution in [0.1, 0.15) is 5.56 Å². The second-order valence-electron chi connectivity index (χ2n) is 6.65. The summed E-state index contributed by atoms with van der Waals surface area (Å²) in [5.74, 6) is 0. The van der Waals surface area contributed by atoms with Crippen molar-refractivity contribution in [2.24, 2.45) is 0 Å². The molecule has 0 aromatic heterocycles. The Morgan fingerprint density at radius 2 is 0.786 bits per heavy atom. The van der Waals surface area contributed by atoms with Crippen LogP contribution in [0.5, 0.6) is 0 Å².